The lowest BCUT2D eigenvalue weighted by molar-refractivity contribution is 0.102. The third-order valence-electron chi connectivity index (χ3n) is 4.17. The van der Waals surface area contributed by atoms with E-state index < -0.39 is 0 Å². The van der Waals surface area contributed by atoms with Crippen molar-refractivity contribution in [1.82, 2.24) is 20.0 Å². The largest absolute Gasteiger partial charge is 0.304 e. The van der Waals surface area contributed by atoms with E-state index in [-0.39, 0.29) is 5.91 Å². The summed E-state index contributed by atoms with van der Waals surface area (Å²) in [7, 11) is 0. The van der Waals surface area contributed by atoms with Gasteiger partial charge in [-0.15, -0.1) is 0 Å². The lowest BCUT2D eigenvalue weighted by Gasteiger charge is -2.04. The van der Waals surface area contributed by atoms with E-state index in [0.29, 0.717) is 38.8 Å². The van der Waals surface area contributed by atoms with Crippen LogP contribution in [0.25, 0.3) is 11.3 Å². The number of hydrogen-bond acceptors (Lipinski definition) is 3. The van der Waals surface area contributed by atoms with E-state index in [4.69, 9.17) is 34.8 Å². The second-order valence-corrected chi connectivity index (χ2v) is 7.53. The highest BCUT2D eigenvalue weighted by Crippen LogP contribution is 2.23. The zero-order valence-electron chi connectivity index (χ0n) is 14.9. The molecule has 0 radical (unpaired) electrons. The van der Waals surface area contributed by atoms with Gasteiger partial charge in [-0.1, -0.05) is 53.0 Å². The number of nitrogens with zero attached hydrogens (tertiary/aromatic N) is 3. The number of hydrogen-bond donors (Lipinski definition) is 2. The average Bonchev–Trinajstić information content (AvgIpc) is 3.35. The Morgan fingerprint density at radius 1 is 1.00 bits per heavy atom. The van der Waals surface area contributed by atoms with Crippen LogP contribution in [-0.4, -0.2) is 25.9 Å². The molecule has 146 valence electrons. The molecule has 0 bridgehead atoms. The van der Waals surface area contributed by atoms with Crippen LogP contribution in [0.15, 0.2) is 60.8 Å². The highest BCUT2D eigenvalue weighted by Gasteiger charge is 2.13. The molecule has 0 saturated heterocycles. The fourth-order valence-electron chi connectivity index (χ4n) is 2.73. The van der Waals surface area contributed by atoms with Gasteiger partial charge in [-0.3, -0.25) is 14.6 Å². The van der Waals surface area contributed by atoms with E-state index in [2.05, 4.69) is 20.6 Å². The Morgan fingerprint density at radius 3 is 2.55 bits per heavy atom. The summed E-state index contributed by atoms with van der Waals surface area (Å²) < 4.78 is 1.70. The minimum absolute atomic E-state index is 0.328. The molecule has 6 nitrogen and oxygen atoms in total. The first-order valence-corrected chi connectivity index (χ1v) is 9.71. The Kier molecular flexibility index (Phi) is 5.58. The van der Waals surface area contributed by atoms with Gasteiger partial charge >= 0.3 is 0 Å². The molecule has 0 spiro atoms. The van der Waals surface area contributed by atoms with Gasteiger partial charge in [0, 0.05) is 22.8 Å². The number of benzene rings is 2. The molecule has 1 amide bonds. The number of nitrogens with one attached hydrogen (secondary N) is 2. The van der Waals surface area contributed by atoms with Gasteiger partial charge < -0.3 is 5.32 Å². The number of anilines is 1. The van der Waals surface area contributed by atoms with Gasteiger partial charge in [-0.05, 0) is 35.9 Å². The van der Waals surface area contributed by atoms with Crippen molar-refractivity contribution in [2.24, 2.45) is 0 Å². The van der Waals surface area contributed by atoms with E-state index in [1.165, 1.54) is 0 Å². The standard InChI is InChI=1S/C20H14Cl3N5O/c21-14-4-2-13(3-5-14)17-10-18(26-25-17)20(29)24-19-7-8-28(27-19)11-12-1-6-15(22)16(23)9-12/h1-10H,11H2,(H,25,26)(H,24,27,29). The molecule has 0 aliphatic carbocycles. The summed E-state index contributed by atoms with van der Waals surface area (Å²) >= 11 is 17.9. The van der Waals surface area contributed by atoms with Gasteiger partial charge in [-0.2, -0.15) is 10.2 Å². The van der Waals surface area contributed by atoms with Gasteiger partial charge in [0.15, 0.2) is 5.82 Å². The zero-order valence-corrected chi connectivity index (χ0v) is 17.1. The fraction of sp³-hybridized carbons (Fsp3) is 0.0500. The minimum Gasteiger partial charge on any atom is -0.304 e. The lowest BCUT2D eigenvalue weighted by atomic mass is 10.1. The van der Waals surface area contributed by atoms with Gasteiger partial charge in [0.2, 0.25) is 0 Å². The summed E-state index contributed by atoms with van der Waals surface area (Å²) in [4.78, 5) is 12.5. The van der Waals surface area contributed by atoms with Crippen LogP contribution in [0.5, 0.6) is 0 Å². The molecule has 2 heterocycles. The maximum atomic E-state index is 12.5. The molecule has 0 saturated carbocycles. The van der Waals surface area contributed by atoms with Crippen molar-refractivity contribution >= 4 is 46.5 Å². The third kappa shape index (κ3) is 4.62. The highest BCUT2D eigenvalue weighted by atomic mass is 35.5. The number of aromatic nitrogens is 4. The second kappa shape index (κ2) is 8.29. The third-order valence-corrected chi connectivity index (χ3v) is 5.16. The van der Waals surface area contributed by atoms with Crippen molar-refractivity contribution in [1.29, 1.82) is 0 Å². The molecule has 9 heteroatoms. The molecule has 2 N–H and O–H groups in total. The molecular formula is C20H14Cl3N5O. The van der Waals surface area contributed by atoms with Crippen LogP contribution in [-0.2, 0) is 6.54 Å². The highest BCUT2D eigenvalue weighted by molar-refractivity contribution is 6.42. The monoisotopic (exact) mass is 445 g/mol. The first-order chi connectivity index (χ1) is 14.0. The van der Waals surface area contributed by atoms with E-state index in [1.54, 1.807) is 47.3 Å². The molecule has 2 aromatic carbocycles. The SMILES string of the molecule is O=C(Nc1ccn(Cc2ccc(Cl)c(Cl)c2)n1)c1cc(-c2ccc(Cl)cc2)n[nH]1. The van der Waals surface area contributed by atoms with Crippen LogP contribution < -0.4 is 5.32 Å². The Balaban J connectivity index is 1.42. The first-order valence-electron chi connectivity index (χ1n) is 8.58. The smallest absolute Gasteiger partial charge is 0.274 e. The van der Waals surface area contributed by atoms with Crippen molar-refractivity contribution in [2.45, 2.75) is 6.54 Å². The van der Waals surface area contributed by atoms with Crippen LogP contribution in [0.1, 0.15) is 16.1 Å². The molecule has 29 heavy (non-hydrogen) atoms. The number of carbonyl (C=O) groups is 1. The van der Waals surface area contributed by atoms with E-state index in [1.807, 2.05) is 18.2 Å². The Labute approximate surface area is 181 Å². The Morgan fingerprint density at radius 2 is 1.79 bits per heavy atom. The maximum absolute atomic E-state index is 12.5. The number of rotatable bonds is 5. The molecule has 0 aliphatic rings. The minimum atomic E-state index is -0.336. The molecule has 4 aromatic rings. The zero-order chi connectivity index (χ0) is 20.4. The molecule has 0 unspecified atom stereocenters. The van der Waals surface area contributed by atoms with Gasteiger partial charge in [-0.25, -0.2) is 0 Å². The van der Waals surface area contributed by atoms with Crippen molar-refractivity contribution in [2.75, 3.05) is 5.32 Å². The van der Waals surface area contributed by atoms with Crippen LogP contribution >= 0.6 is 34.8 Å². The van der Waals surface area contributed by atoms with Crippen LogP contribution in [0.3, 0.4) is 0 Å². The Hall–Kier alpha value is -2.80. The van der Waals surface area contributed by atoms with Crippen LogP contribution in [0, 0.1) is 0 Å². The van der Waals surface area contributed by atoms with Gasteiger partial charge in [0.25, 0.3) is 5.91 Å². The predicted molar refractivity (Wildman–Crippen MR) is 115 cm³/mol. The number of aromatic amines is 1. The molecule has 2 aromatic heterocycles. The lowest BCUT2D eigenvalue weighted by Crippen LogP contribution is -2.13. The number of carbonyl (C=O) groups excluding carboxylic acids is 1. The van der Waals surface area contributed by atoms with Crippen molar-refractivity contribution in [3.8, 4) is 11.3 Å². The van der Waals surface area contributed by atoms with E-state index in [9.17, 15) is 4.79 Å². The van der Waals surface area contributed by atoms with Crippen molar-refractivity contribution < 1.29 is 4.79 Å². The van der Waals surface area contributed by atoms with Crippen LogP contribution in [0.4, 0.5) is 5.82 Å². The quantitative estimate of drug-likeness (QED) is 0.423. The van der Waals surface area contributed by atoms with E-state index >= 15 is 0 Å². The summed E-state index contributed by atoms with van der Waals surface area (Å²) in [5.74, 6) is 0.0928. The van der Waals surface area contributed by atoms with Crippen molar-refractivity contribution in [3.63, 3.8) is 0 Å². The fourth-order valence-corrected chi connectivity index (χ4v) is 3.18. The van der Waals surface area contributed by atoms with Crippen molar-refractivity contribution in [3.05, 3.63) is 87.1 Å². The number of halogens is 3. The number of amides is 1. The topological polar surface area (TPSA) is 75.6 Å². The maximum Gasteiger partial charge on any atom is 0.274 e. The molecule has 4 rings (SSSR count). The molecule has 0 fully saturated rings. The summed E-state index contributed by atoms with van der Waals surface area (Å²) in [6, 6.07) is 16.0. The molecular weight excluding hydrogens is 433 g/mol. The first kappa shape index (κ1) is 19.5. The summed E-state index contributed by atoms with van der Waals surface area (Å²) in [5.41, 5.74) is 2.78. The van der Waals surface area contributed by atoms with E-state index in [0.717, 1.165) is 11.1 Å². The molecule has 0 atom stereocenters. The predicted octanol–water partition coefficient (Wildman–Crippen LogP) is 5.53. The summed E-state index contributed by atoms with van der Waals surface area (Å²) in [6.45, 7) is 0.498. The van der Waals surface area contributed by atoms with Gasteiger partial charge in [0.1, 0.15) is 5.69 Å². The number of H-pyrrole nitrogens is 1. The normalized spacial score (nSPS) is 10.9. The van der Waals surface area contributed by atoms with Gasteiger partial charge in [0.05, 0.1) is 22.3 Å². The Bertz CT molecular complexity index is 1170. The molecule has 0 aliphatic heterocycles. The summed E-state index contributed by atoms with van der Waals surface area (Å²) in [6.07, 6.45) is 1.77. The van der Waals surface area contributed by atoms with Crippen LogP contribution in [0.2, 0.25) is 15.1 Å². The summed E-state index contributed by atoms with van der Waals surface area (Å²) in [5, 5.41) is 15.6. The average molecular weight is 447 g/mol. The second-order valence-electron chi connectivity index (χ2n) is 6.27.